The van der Waals surface area contributed by atoms with Crippen LogP contribution in [0.4, 0.5) is 5.69 Å². The topological polar surface area (TPSA) is 69.7 Å². The molecule has 2 bridgehead atoms. The van der Waals surface area contributed by atoms with Crippen LogP contribution in [-0.2, 0) is 21.2 Å². The zero-order valence-electron chi connectivity index (χ0n) is 14.3. The standard InChI is InChI=1S/C17H23N3O3S.ClH/c1-12(21)20-9-6-13-2-5-16(10-17(13)20)24(22,23)19-8-7-14-3-4-15(11-19)18-14;/h2,5,10,14-15,18H,3-4,6-9,11H2,1H3;1H. The maximum absolute atomic E-state index is 13.1. The first-order chi connectivity index (χ1) is 11.4. The Labute approximate surface area is 155 Å². The first kappa shape index (κ1) is 18.6. The molecule has 3 heterocycles. The lowest BCUT2D eigenvalue weighted by atomic mass is 10.1. The third-order valence-electron chi connectivity index (χ3n) is 5.46. The van der Waals surface area contributed by atoms with Crippen molar-refractivity contribution in [1.82, 2.24) is 9.62 Å². The maximum atomic E-state index is 13.1. The summed E-state index contributed by atoms with van der Waals surface area (Å²) in [6.07, 6.45) is 3.83. The number of amides is 1. The number of halogens is 1. The van der Waals surface area contributed by atoms with E-state index in [1.54, 1.807) is 21.3 Å². The second kappa shape index (κ2) is 6.87. The van der Waals surface area contributed by atoms with Crippen LogP contribution in [0.3, 0.4) is 0 Å². The maximum Gasteiger partial charge on any atom is 0.243 e. The van der Waals surface area contributed by atoms with E-state index in [1.807, 2.05) is 6.07 Å². The molecule has 2 atom stereocenters. The summed E-state index contributed by atoms with van der Waals surface area (Å²) >= 11 is 0. The lowest BCUT2D eigenvalue weighted by molar-refractivity contribution is -0.116. The van der Waals surface area contributed by atoms with E-state index in [4.69, 9.17) is 0 Å². The Hall–Kier alpha value is -1.15. The molecule has 25 heavy (non-hydrogen) atoms. The van der Waals surface area contributed by atoms with Crippen molar-refractivity contribution in [1.29, 1.82) is 0 Å². The molecule has 2 fully saturated rings. The van der Waals surface area contributed by atoms with Crippen molar-refractivity contribution in [3.63, 3.8) is 0 Å². The third-order valence-corrected chi connectivity index (χ3v) is 7.32. The first-order valence-electron chi connectivity index (χ1n) is 8.62. The van der Waals surface area contributed by atoms with Crippen LogP contribution in [0.15, 0.2) is 23.1 Å². The number of carbonyl (C=O) groups is 1. The van der Waals surface area contributed by atoms with Gasteiger partial charge in [-0.1, -0.05) is 6.07 Å². The van der Waals surface area contributed by atoms with Crippen molar-refractivity contribution in [2.45, 2.75) is 49.6 Å². The van der Waals surface area contributed by atoms with Gasteiger partial charge in [-0.2, -0.15) is 4.31 Å². The molecule has 3 aliphatic rings. The average molecular weight is 386 g/mol. The number of hydrogen-bond donors (Lipinski definition) is 1. The average Bonchev–Trinajstić information content (AvgIpc) is 3.09. The molecule has 0 saturated carbocycles. The normalized spacial score (nSPS) is 26.0. The summed E-state index contributed by atoms with van der Waals surface area (Å²) < 4.78 is 27.8. The molecule has 0 spiro atoms. The number of nitrogens with one attached hydrogen (secondary N) is 1. The summed E-state index contributed by atoms with van der Waals surface area (Å²) in [7, 11) is -3.52. The van der Waals surface area contributed by atoms with E-state index in [9.17, 15) is 13.2 Å². The summed E-state index contributed by atoms with van der Waals surface area (Å²) in [5.41, 5.74) is 1.79. The molecule has 138 valence electrons. The summed E-state index contributed by atoms with van der Waals surface area (Å²) in [4.78, 5) is 13.7. The highest BCUT2D eigenvalue weighted by Gasteiger charge is 2.35. The van der Waals surface area contributed by atoms with Crippen LogP contribution in [0.2, 0.25) is 0 Å². The Kier molecular flexibility index (Phi) is 5.12. The van der Waals surface area contributed by atoms with E-state index in [2.05, 4.69) is 5.32 Å². The Morgan fingerprint density at radius 2 is 1.92 bits per heavy atom. The van der Waals surface area contributed by atoms with Crippen molar-refractivity contribution in [3.8, 4) is 0 Å². The second-order valence-electron chi connectivity index (χ2n) is 7.00. The number of anilines is 1. The Morgan fingerprint density at radius 3 is 2.68 bits per heavy atom. The van der Waals surface area contributed by atoms with Gasteiger partial charge in [0.1, 0.15) is 0 Å². The fourth-order valence-electron chi connectivity index (χ4n) is 4.12. The van der Waals surface area contributed by atoms with Crippen LogP contribution >= 0.6 is 12.4 Å². The van der Waals surface area contributed by atoms with Crippen molar-refractivity contribution in [2.75, 3.05) is 24.5 Å². The van der Waals surface area contributed by atoms with E-state index < -0.39 is 10.0 Å². The number of fused-ring (bicyclic) bond motifs is 3. The highest BCUT2D eigenvalue weighted by atomic mass is 35.5. The smallest absolute Gasteiger partial charge is 0.243 e. The lowest BCUT2D eigenvalue weighted by Crippen LogP contribution is -2.39. The zero-order valence-corrected chi connectivity index (χ0v) is 15.9. The van der Waals surface area contributed by atoms with E-state index in [0.717, 1.165) is 36.9 Å². The van der Waals surface area contributed by atoms with Gasteiger partial charge in [0.2, 0.25) is 15.9 Å². The summed E-state index contributed by atoms with van der Waals surface area (Å²) in [5, 5.41) is 3.51. The largest absolute Gasteiger partial charge is 0.312 e. The molecule has 8 heteroatoms. The van der Waals surface area contributed by atoms with Crippen molar-refractivity contribution in [2.24, 2.45) is 0 Å². The minimum atomic E-state index is -3.52. The van der Waals surface area contributed by atoms with E-state index in [-0.39, 0.29) is 24.4 Å². The van der Waals surface area contributed by atoms with Crippen LogP contribution in [0.25, 0.3) is 0 Å². The van der Waals surface area contributed by atoms with Crippen molar-refractivity contribution < 1.29 is 13.2 Å². The van der Waals surface area contributed by atoms with Gasteiger partial charge in [-0.05, 0) is 43.4 Å². The quantitative estimate of drug-likeness (QED) is 0.838. The number of carbonyl (C=O) groups excluding carboxylic acids is 1. The number of sulfonamides is 1. The number of hydrogen-bond acceptors (Lipinski definition) is 4. The highest BCUT2D eigenvalue weighted by molar-refractivity contribution is 7.89. The van der Waals surface area contributed by atoms with E-state index in [1.165, 1.54) is 6.92 Å². The molecule has 4 rings (SSSR count). The van der Waals surface area contributed by atoms with Gasteiger partial charge >= 0.3 is 0 Å². The number of rotatable bonds is 2. The minimum Gasteiger partial charge on any atom is -0.312 e. The summed E-state index contributed by atoms with van der Waals surface area (Å²) in [6.45, 7) is 3.25. The summed E-state index contributed by atoms with van der Waals surface area (Å²) in [5.74, 6) is -0.0421. The zero-order chi connectivity index (χ0) is 16.9. The van der Waals surface area contributed by atoms with Gasteiger partial charge in [0.05, 0.1) is 4.90 Å². The fraction of sp³-hybridized carbons (Fsp3) is 0.588. The molecule has 0 aliphatic carbocycles. The van der Waals surface area contributed by atoms with Gasteiger partial charge in [0, 0.05) is 44.3 Å². The molecule has 1 amide bonds. The van der Waals surface area contributed by atoms with Gasteiger partial charge in [0.15, 0.2) is 0 Å². The fourth-order valence-corrected chi connectivity index (χ4v) is 5.65. The second-order valence-corrected chi connectivity index (χ2v) is 8.94. The Bertz CT molecular complexity index is 783. The van der Waals surface area contributed by atoms with Gasteiger partial charge in [0.25, 0.3) is 0 Å². The van der Waals surface area contributed by atoms with Gasteiger partial charge < -0.3 is 10.2 Å². The lowest BCUT2D eigenvalue weighted by Gasteiger charge is -2.24. The minimum absolute atomic E-state index is 0. The molecular weight excluding hydrogens is 362 g/mol. The molecule has 2 saturated heterocycles. The molecule has 1 aromatic rings. The first-order valence-corrected chi connectivity index (χ1v) is 10.1. The molecule has 0 radical (unpaired) electrons. The van der Waals surface area contributed by atoms with Crippen LogP contribution < -0.4 is 10.2 Å². The van der Waals surface area contributed by atoms with E-state index in [0.29, 0.717) is 30.6 Å². The Balaban J connectivity index is 0.00000182. The van der Waals surface area contributed by atoms with Crippen LogP contribution in [-0.4, -0.2) is 50.3 Å². The van der Waals surface area contributed by atoms with Gasteiger partial charge in [-0.15, -0.1) is 12.4 Å². The van der Waals surface area contributed by atoms with Gasteiger partial charge in [-0.25, -0.2) is 8.42 Å². The molecular formula is C17H24ClN3O3S. The molecule has 0 aromatic heterocycles. The SMILES string of the molecule is CC(=O)N1CCc2ccc(S(=O)(=O)N3CCC4CCC(C3)N4)cc21.Cl. The molecule has 2 unspecified atom stereocenters. The molecule has 3 aliphatic heterocycles. The Morgan fingerprint density at radius 1 is 1.16 bits per heavy atom. The van der Waals surface area contributed by atoms with Crippen molar-refractivity contribution in [3.05, 3.63) is 23.8 Å². The van der Waals surface area contributed by atoms with Crippen molar-refractivity contribution >= 4 is 34.0 Å². The van der Waals surface area contributed by atoms with Crippen LogP contribution in [0.1, 0.15) is 31.7 Å². The number of nitrogens with zero attached hydrogens (tertiary/aromatic N) is 2. The highest BCUT2D eigenvalue weighted by Crippen LogP contribution is 2.32. The predicted octanol–water partition coefficient (Wildman–Crippen LogP) is 1.53. The predicted molar refractivity (Wildman–Crippen MR) is 98.7 cm³/mol. The number of benzene rings is 1. The van der Waals surface area contributed by atoms with Crippen LogP contribution in [0, 0.1) is 0 Å². The monoisotopic (exact) mass is 385 g/mol. The molecule has 1 N–H and O–H groups in total. The third kappa shape index (κ3) is 3.30. The molecule has 1 aromatic carbocycles. The van der Waals surface area contributed by atoms with Crippen LogP contribution in [0.5, 0.6) is 0 Å². The van der Waals surface area contributed by atoms with Gasteiger partial charge in [-0.3, -0.25) is 4.79 Å². The summed E-state index contributed by atoms with van der Waals surface area (Å²) in [6, 6.07) is 5.93. The van der Waals surface area contributed by atoms with E-state index >= 15 is 0 Å². The molecule has 6 nitrogen and oxygen atoms in total.